The molecule has 13 heteroatoms. The van der Waals surface area contributed by atoms with Crippen LogP contribution in [0.5, 0.6) is 0 Å². The largest absolute Gasteiger partial charge is 0.465 e. The first-order chi connectivity index (χ1) is 16.3. The van der Waals surface area contributed by atoms with Crippen LogP contribution in [0, 0.1) is 5.82 Å². The number of carbonyl (C=O) groups excluding carboxylic acids is 1. The Morgan fingerprint density at radius 2 is 1.83 bits per heavy atom. The molecule has 2 heterocycles. The van der Waals surface area contributed by atoms with Crippen LogP contribution in [0.3, 0.4) is 0 Å². The van der Waals surface area contributed by atoms with Crippen molar-refractivity contribution in [2.75, 3.05) is 18.4 Å². The number of piperidine rings is 1. The smallest absolute Gasteiger partial charge is 0.407 e. The van der Waals surface area contributed by atoms with Gasteiger partial charge in [0.15, 0.2) is 0 Å². The minimum absolute atomic E-state index is 0.0315. The summed E-state index contributed by atoms with van der Waals surface area (Å²) < 4.78 is 65.7. The van der Waals surface area contributed by atoms with Gasteiger partial charge in [0.25, 0.3) is 5.91 Å². The van der Waals surface area contributed by atoms with E-state index in [0.717, 1.165) is 24.3 Å². The van der Waals surface area contributed by atoms with Crippen molar-refractivity contribution in [1.82, 2.24) is 9.62 Å². The van der Waals surface area contributed by atoms with E-state index in [2.05, 4.69) is 10.0 Å². The lowest BCUT2D eigenvalue weighted by atomic mass is 10.0. The second kappa shape index (κ2) is 9.06. The van der Waals surface area contributed by atoms with Crippen LogP contribution in [-0.4, -0.2) is 58.7 Å². The molecule has 2 aromatic carbocycles. The fourth-order valence-corrected chi connectivity index (χ4v) is 7.73. The molecule has 2 aliphatic heterocycles. The molecule has 1 fully saturated rings. The van der Waals surface area contributed by atoms with E-state index in [1.54, 1.807) is 13.8 Å². The van der Waals surface area contributed by atoms with E-state index in [1.807, 2.05) is 0 Å². The SMILES string of the molecule is CC(C)c1cc2c(cc1S(=O)(=O)NC1CCN(C(=O)O)CC1)S(O)(O)c1cc(F)ccc1C(=O)N2. The van der Waals surface area contributed by atoms with Crippen molar-refractivity contribution in [3.05, 3.63) is 47.3 Å². The number of rotatable bonds is 4. The van der Waals surface area contributed by atoms with Crippen LogP contribution in [0.4, 0.5) is 14.9 Å². The highest BCUT2D eigenvalue weighted by Gasteiger charge is 2.36. The highest BCUT2D eigenvalue weighted by molar-refractivity contribution is 8.24. The number of nitrogens with one attached hydrogen (secondary N) is 2. The summed E-state index contributed by atoms with van der Waals surface area (Å²) in [5.41, 5.74) is 0.248. The van der Waals surface area contributed by atoms with E-state index in [4.69, 9.17) is 5.11 Å². The molecule has 10 nitrogen and oxygen atoms in total. The lowest BCUT2D eigenvalue weighted by Crippen LogP contribution is -2.46. The first-order valence-electron chi connectivity index (χ1n) is 10.9. The lowest BCUT2D eigenvalue weighted by molar-refractivity contribution is 0.102. The molecule has 2 aliphatic rings. The minimum atomic E-state index is -4.18. The molecule has 5 N–H and O–H groups in total. The van der Waals surface area contributed by atoms with Crippen LogP contribution in [0.15, 0.2) is 45.0 Å². The van der Waals surface area contributed by atoms with Gasteiger partial charge >= 0.3 is 6.09 Å². The summed E-state index contributed by atoms with van der Waals surface area (Å²) in [6.45, 7) is 3.87. The van der Waals surface area contributed by atoms with Gasteiger partial charge in [-0.3, -0.25) is 13.9 Å². The monoisotopic (exact) mass is 527 g/mol. The third-order valence-corrected chi connectivity index (χ3v) is 9.64. The topological polar surface area (TPSA) is 156 Å². The first-order valence-corrected chi connectivity index (χ1v) is 13.9. The molecule has 0 saturated carbocycles. The molecule has 35 heavy (non-hydrogen) atoms. The lowest BCUT2D eigenvalue weighted by Gasteiger charge is -2.34. The van der Waals surface area contributed by atoms with Gasteiger partial charge < -0.3 is 15.3 Å². The van der Waals surface area contributed by atoms with Gasteiger partial charge in [-0.1, -0.05) is 13.8 Å². The summed E-state index contributed by atoms with van der Waals surface area (Å²) in [6, 6.07) is 5.04. The summed E-state index contributed by atoms with van der Waals surface area (Å²) in [4.78, 5) is 24.3. The van der Waals surface area contributed by atoms with Crippen LogP contribution in [0.1, 0.15) is 48.5 Å². The van der Waals surface area contributed by atoms with Crippen LogP contribution in [0.25, 0.3) is 0 Å². The molecule has 0 aliphatic carbocycles. The predicted octanol–water partition coefficient (Wildman–Crippen LogP) is 4.10. The average Bonchev–Trinajstić information content (AvgIpc) is 2.85. The molecule has 2 aromatic rings. The van der Waals surface area contributed by atoms with Crippen LogP contribution in [0.2, 0.25) is 0 Å². The van der Waals surface area contributed by atoms with E-state index in [9.17, 15) is 31.5 Å². The van der Waals surface area contributed by atoms with Crippen LogP contribution in [-0.2, 0) is 10.0 Å². The number of hydrogen-bond donors (Lipinski definition) is 5. The number of carboxylic acid groups (broad SMARTS) is 1. The third kappa shape index (κ3) is 4.74. The molecule has 0 bridgehead atoms. The van der Waals surface area contributed by atoms with Gasteiger partial charge in [-0.05, 0) is 54.7 Å². The van der Waals surface area contributed by atoms with Crippen molar-refractivity contribution >= 4 is 38.3 Å². The predicted molar refractivity (Wildman–Crippen MR) is 127 cm³/mol. The molecule has 0 aromatic heterocycles. The number of benzene rings is 2. The second-order valence-electron chi connectivity index (χ2n) is 8.85. The molecular weight excluding hydrogens is 501 g/mol. The van der Waals surface area contributed by atoms with Gasteiger partial charge in [0, 0.05) is 19.1 Å². The fourth-order valence-electron chi connectivity index (χ4n) is 4.29. The number of carbonyl (C=O) groups is 2. The Kier molecular flexibility index (Phi) is 6.57. The maximum atomic E-state index is 14.0. The zero-order valence-corrected chi connectivity index (χ0v) is 20.6. The minimum Gasteiger partial charge on any atom is -0.465 e. The number of anilines is 1. The van der Waals surface area contributed by atoms with Gasteiger partial charge in [0.1, 0.15) is 5.82 Å². The third-order valence-electron chi connectivity index (χ3n) is 6.16. The van der Waals surface area contributed by atoms with Crippen molar-refractivity contribution in [3.8, 4) is 0 Å². The highest BCUT2D eigenvalue weighted by Crippen LogP contribution is 2.61. The van der Waals surface area contributed by atoms with E-state index in [1.165, 1.54) is 11.0 Å². The van der Waals surface area contributed by atoms with E-state index in [0.29, 0.717) is 5.56 Å². The Morgan fingerprint density at radius 1 is 1.17 bits per heavy atom. The van der Waals surface area contributed by atoms with Crippen molar-refractivity contribution in [2.24, 2.45) is 0 Å². The van der Waals surface area contributed by atoms with Crippen molar-refractivity contribution in [2.45, 2.75) is 53.3 Å². The Hall–Kier alpha value is -2.71. The number of sulfonamides is 1. The molecule has 0 unspecified atom stereocenters. The summed E-state index contributed by atoms with van der Waals surface area (Å²) in [5, 5.41) is 11.7. The number of nitrogens with zero attached hydrogens (tertiary/aromatic N) is 1. The Balaban J connectivity index is 1.79. The van der Waals surface area contributed by atoms with E-state index < -0.39 is 44.5 Å². The number of likely N-dealkylation sites (tertiary alicyclic amines) is 1. The molecule has 0 spiro atoms. The van der Waals surface area contributed by atoms with Crippen molar-refractivity contribution in [1.29, 1.82) is 0 Å². The van der Waals surface area contributed by atoms with Crippen molar-refractivity contribution < 1.29 is 36.6 Å². The summed E-state index contributed by atoms with van der Waals surface area (Å²) >= 11 is 0. The Morgan fingerprint density at radius 3 is 2.43 bits per heavy atom. The molecule has 4 rings (SSSR count). The number of fused-ring (bicyclic) bond motifs is 2. The molecule has 2 amide bonds. The Labute approximate surface area is 203 Å². The van der Waals surface area contributed by atoms with Gasteiger partial charge in [-0.25, -0.2) is 22.3 Å². The average molecular weight is 528 g/mol. The number of hydrogen-bond acceptors (Lipinski definition) is 6. The molecule has 190 valence electrons. The van der Waals surface area contributed by atoms with Gasteiger partial charge in [-0.2, -0.15) is 0 Å². The van der Waals surface area contributed by atoms with Gasteiger partial charge in [0.2, 0.25) is 10.0 Å². The first kappa shape index (κ1) is 25.4. The normalized spacial score (nSPS) is 18.9. The van der Waals surface area contributed by atoms with Crippen LogP contribution >= 0.6 is 10.6 Å². The van der Waals surface area contributed by atoms with E-state index in [-0.39, 0.29) is 57.8 Å². The quantitative estimate of drug-likeness (QED) is 0.401. The maximum Gasteiger partial charge on any atom is 0.407 e. The zero-order valence-electron chi connectivity index (χ0n) is 19.0. The summed E-state index contributed by atoms with van der Waals surface area (Å²) in [6.07, 6.45) is -0.500. The molecule has 0 radical (unpaired) electrons. The summed E-state index contributed by atoms with van der Waals surface area (Å²) in [5.74, 6) is -1.77. The van der Waals surface area contributed by atoms with Crippen molar-refractivity contribution in [3.63, 3.8) is 0 Å². The van der Waals surface area contributed by atoms with Gasteiger partial charge in [0.05, 0.1) is 25.9 Å². The summed E-state index contributed by atoms with van der Waals surface area (Å²) in [7, 11) is -8.14. The second-order valence-corrected chi connectivity index (χ2v) is 12.5. The molecular formula is C22H26FN3O7S2. The van der Waals surface area contributed by atoms with Gasteiger partial charge in [-0.15, -0.1) is 10.6 Å². The molecule has 0 atom stereocenters. The Bertz CT molecular complexity index is 1310. The standard InChI is InChI=1S/C22H26FN3O7S2/c1-12(2)16-10-17-20(34(30,31)18-9-13(23)3-4-15(18)21(27)24-17)11-19(16)35(32,33)25-14-5-7-26(8-6-14)22(28)29/h3-4,9-12,14,25,30-31H,5-8H2,1-2H3,(H,24,27)(H,28,29). The number of amides is 2. The number of halogens is 1. The molecule has 1 saturated heterocycles. The van der Waals surface area contributed by atoms with E-state index >= 15 is 0 Å². The fraction of sp³-hybridized carbons (Fsp3) is 0.364. The maximum absolute atomic E-state index is 14.0. The highest BCUT2D eigenvalue weighted by atomic mass is 32.3. The van der Waals surface area contributed by atoms with Crippen LogP contribution < -0.4 is 10.0 Å². The zero-order chi connectivity index (χ0) is 25.7.